The first kappa shape index (κ1) is 32.9. The van der Waals surface area contributed by atoms with Crippen LogP contribution in [0, 0.1) is 0 Å². The second-order valence-electron chi connectivity index (χ2n) is 15.0. The highest BCUT2D eigenvalue weighted by atomic mass is 31.2. The topological polar surface area (TPSA) is 52.2 Å². The molecule has 0 atom stereocenters. The Kier molecular flexibility index (Phi) is 7.14. The first-order valence-corrected chi connectivity index (χ1v) is 21.2. The van der Waals surface area contributed by atoms with Crippen molar-refractivity contribution in [3.05, 3.63) is 200 Å². The molecule has 9 aromatic carbocycles. The lowest BCUT2D eigenvalue weighted by Crippen LogP contribution is -2.25. The fourth-order valence-corrected chi connectivity index (χ4v) is 11.6. The number of para-hydroxylation sites is 4. The van der Waals surface area contributed by atoms with E-state index in [1.807, 2.05) is 54.6 Å². The molecule has 0 fully saturated rings. The summed E-state index contributed by atoms with van der Waals surface area (Å²) in [5.41, 5.74) is 7.98. The molecule has 0 N–H and O–H groups in total. The maximum atomic E-state index is 15.8. The van der Waals surface area contributed by atoms with Gasteiger partial charge in [-0.15, -0.1) is 0 Å². The molecule has 0 unspecified atom stereocenters. The van der Waals surface area contributed by atoms with E-state index in [2.05, 4.69) is 155 Å². The monoisotopic (exact) mass is 760 g/mol. The van der Waals surface area contributed by atoms with Crippen LogP contribution in [-0.4, -0.2) is 18.9 Å². The Morgan fingerprint density at radius 2 is 0.914 bits per heavy atom. The molecule has 0 saturated carbocycles. The first-order chi connectivity index (χ1) is 28.6. The van der Waals surface area contributed by atoms with Crippen LogP contribution >= 0.6 is 7.14 Å². The first-order valence-electron chi connectivity index (χ1n) is 19.5. The van der Waals surface area contributed by atoms with Crippen LogP contribution in [0.25, 0.3) is 88.0 Å². The number of fused-ring (bicyclic) bond motifs is 10. The Morgan fingerprint density at radius 3 is 1.62 bits per heavy atom. The van der Waals surface area contributed by atoms with Crippen molar-refractivity contribution < 1.29 is 4.57 Å². The normalized spacial score (nSPS) is 12.2. The molecule has 3 aromatic heterocycles. The number of imidazole rings is 1. The predicted octanol–water partition coefficient (Wildman–Crippen LogP) is 11.7. The van der Waals surface area contributed by atoms with Crippen molar-refractivity contribution in [2.24, 2.45) is 0 Å². The molecule has 12 rings (SSSR count). The van der Waals surface area contributed by atoms with Gasteiger partial charge in [-0.05, 0) is 87.3 Å². The molecule has 0 aliphatic heterocycles. The van der Waals surface area contributed by atoms with E-state index in [4.69, 9.17) is 9.97 Å². The lowest BCUT2D eigenvalue weighted by atomic mass is 10.0. The minimum absolute atomic E-state index is 0.795. The molecule has 58 heavy (non-hydrogen) atoms. The predicted molar refractivity (Wildman–Crippen MR) is 242 cm³/mol. The Balaban J connectivity index is 1.02. The van der Waals surface area contributed by atoms with Crippen LogP contribution in [0.1, 0.15) is 0 Å². The average molecular weight is 761 g/mol. The van der Waals surface area contributed by atoms with Crippen molar-refractivity contribution in [1.82, 2.24) is 18.9 Å². The van der Waals surface area contributed by atoms with Crippen molar-refractivity contribution in [2.45, 2.75) is 0 Å². The third kappa shape index (κ3) is 4.87. The molecule has 0 radical (unpaired) electrons. The van der Waals surface area contributed by atoms with Crippen molar-refractivity contribution in [3.63, 3.8) is 0 Å². The number of aromatic nitrogens is 4. The molecule has 0 amide bonds. The highest BCUT2D eigenvalue weighted by molar-refractivity contribution is 7.85. The molecular formula is C52H33N4OP. The smallest absolute Gasteiger partial charge is 0.221 e. The Bertz CT molecular complexity index is 3590. The fraction of sp³-hybridized carbons (Fsp3) is 0. The van der Waals surface area contributed by atoms with Crippen LogP contribution in [0.15, 0.2) is 200 Å². The molecule has 12 aromatic rings. The molecule has 0 aliphatic carbocycles. The molecule has 3 heterocycles. The summed E-state index contributed by atoms with van der Waals surface area (Å²) >= 11 is 0. The zero-order valence-corrected chi connectivity index (χ0v) is 32.1. The number of nitrogens with zero attached hydrogens (tertiary/aromatic N) is 4. The van der Waals surface area contributed by atoms with E-state index < -0.39 is 7.14 Å². The van der Waals surface area contributed by atoms with E-state index in [1.54, 1.807) is 0 Å². The Hall–Kier alpha value is -7.33. The minimum Gasteiger partial charge on any atom is -0.309 e. The number of hydrogen-bond donors (Lipinski definition) is 0. The SMILES string of the molecule is O=P(c1ccc(-c2ccc3c(c2)c2ccccc2n3-c2nc3ccccc3c3nc4ccccc4n23)cc1)(c1ccc2ccccc2c1)c1ccc2ccccc2c1. The second-order valence-corrected chi connectivity index (χ2v) is 17.8. The zero-order valence-electron chi connectivity index (χ0n) is 31.2. The lowest BCUT2D eigenvalue weighted by Gasteiger charge is -2.21. The van der Waals surface area contributed by atoms with Gasteiger partial charge in [-0.1, -0.05) is 146 Å². The van der Waals surface area contributed by atoms with E-state index in [9.17, 15) is 0 Å². The van der Waals surface area contributed by atoms with Crippen molar-refractivity contribution in [3.8, 4) is 17.1 Å². The lowest BCUT2D eigenvalue weighted by molar-refractivity contribution is 0.592. The van der Waals surface area contributed by atoms with Crippen molar-refractivity contribution >= 4 is 94.0 Å². The van der Waals surface area contributed by atoms with E-state index in [0.29, 0.717) is 0 Å². The second kappa shape index (κ2) is 12.6. The van der Waals surface area contributed by atoms with Gasteiger partial charge in [0, 0.05) is 32.1 Å². The van der Waals surface area contributed by atoms with Gasteiger partial charge < -0.3 is 4.57 Å². The maximum Gasteiger partial charge on any atom is 0.221 e. The number of rotatable bonds is 5. The van der Waals surface area contributed by atoms with Gasteiger partial charge in [0.05, 0.1) is 27.6 Å². The summed E-state index contributed by atoms with van der Waals surface area (Å²) in [6, 6.07) is 69.1. The van der Waals surface area contributed by atoms with Crippen molar-refractivity contribution in [2.75, 3.05) is 0 Å². The van der Waals surface area contributed by atoms with E-state index in [-0.39, 0.29) is 0 Å². The maximum absolute atomic E-state index is 15.8. The van der Waals surface area contributed by atoms with Crippen LogP contribution in [-0.2, 0) is 4.57 Å². The largest absolute Gasteiger partial charge is 0.309 e. The third-order valence-corrected chi connectivity index (χ3v) is 14.8. The quantitative estimate of drug-likeness (QED) is 0.164. The van der Waals surface area contributed by atoms with Gasteiger partial charge in [0.2, 0.25) is 5.95 Å². The zero-order chi connectivity index (χ0) is 38.4. The minimum atomic E-state index is -3.27. The summed E-state index contributed by atoms with van der Waals surface area (Å²) in [5.74, 6) is 0.795. The van der Waals surface area contributed by atoms with Gasteiger partial charge >= 0.3 is 0 Å². The summed E-state index contributed by atoms with van der Waals surface area (Å²) in [6.07, 6.45) is 0. The highest BCUT2D eigenvalue weighted by Gasteiger charge is 2.30. The van der Waals surface area contributed by atoms with Gasteiger partial charge in [0.1, 0.15) is 5.65 Å². The summed E-state index contributed by atoms with van der Waals surface area (Å²) in [5, 5.41) is 10.1. The Labute approximate surface area is 333 Å². The summed E-state index contributed by atoms with van der Waals surface area (Å²) in [6.45, 7) is 0. The van der Waals surface area contributed by atoms with Crippen molar-refractivity contribution in [1.29, 1.82) is 0 Å². The van der Waals surface area contributed by atoms with Gasteiger partial charge in [-0.3, -0.25) is 8.97 Å². The van der Waals surface area contributed by atoms with Crippen LogP contribution < -0.4 is 15.9 Å². The fourth-order valence-electron chi connectivity index (χ4n) is 8.90. The van der Waals surface area contributed by atoms with E-state index >= 15 is 4.57 Å². The molecule has 0 saturated heterocycles. The highest BCUT2D eigenvalue weighted by Crippen LogP contribution is 2.44. The summed E-state index contributed by atoms with van der Waals surface area (Å²) in [4.78, 5) is 10.4. The molecule has 0 spiro atoms. The molecular weight excluding hydrogens is 728 g/mol. The molecule has 272 valence electrons. The molecule has 5 nitrogen and oxygen atoms in total. The van der Waals surface area contributed by atoms with Crippen LogP contribution in [0.4, 0.5) is 0 Å². The number of benzene rings is 9. The molecule has 0 aliphatic rings. The van der Waals surface area contributed by atoms with Gasteiger partial charge in [-0.2, -0.15) is 0 Å². The van der Waals surface area contributed by atoms with Gasteiger partial charge in [0.15, 0.2) is 7.14 Å². The standard InChI is InChI=1S/C52H33N4OP/c57-58(41-28-23-34-11-1-3-13-37(34)31-41,42-29-24-35-12-2-4-14-38(35)32-42)40-26-21-36(22-27-40)39-25-30-49-45(33-39)43-15-6-9-19-48(43)55(49)52-54-46-17-7-5-16-44(46)51-53-47-18-8-10-20-50(47)56(51)52/h1-33H. The van der Waals surface area contributed by atoms with E-state index in [1.165, 1.54) is 0 Å². The summed E-state index contributed by atoms with van der Waals surface area (Å²) in [7, 11) is -3.27. The molecule has 0 bridgehead atoms. The third-order valence-electron chi connectivity index (χ3n) is 11.8. The van der Waals surface area contributed by atoms with Gasteiger partial charge in [0.25, 0.3) is 0 Å². The van der Waals surface area contributed by atoms with Crippen LogP contribution in [0.3, 0.4) is 0 Å². The molecule has 6 heteroatoms. The summed E-state index contributed by atoms with van der Waals surface area (Å²) < 4.78 is 20.3. The number of hydrogen-bond acceptors (Lipinski definition) is 3. The van der Waals surface area contributed by atoms with Crippen LogP contribution in [0.5, 0.6) is 0 Å². The van der Waals surface area contributed by atoms with Crippen LogP contribution in [0.2, 0.25) is 0 Å². The average Bonchev–Trinajstić information content (AvgIpc) is 3.85. The van der Waals surface area contributed by atoms with E-state index in [0.717, 1.165) is 104 Å². The van der Waals surface area contributed by atoms with Gasteiger partial charge in [-0.25, -0.2) is 9.97 Å². The Morgan fingerprint density at radius 1 is 0.379 bits per heavy atom.